The fraction of sp³-hybridized carbons (Fsp3) is 0.214. The van der Waals surface area contributed by atoms with E-state index in [2.05, 4.69) is 39.1 Å². The normalized spacial score (nSPS) is 17.5. The molecule has 1 aromatic carbocycles. The maximum absolute atomic E-state index is 6.00. The van der Waals surface area contributed by atoms with Crippen molar-refractivity contribution in [2.75, 3.05) is 5.73 Å². The molecule has 2 N–H and O–H groups in total. The largest absolute Gasteiger partial charge is 0.482 e. The molecule has 4 heteroatoms. The zero-order valence-corrected chi connectivity index (χ0v) is 11.4. The Hall–Kier alpha value is -1.55. The number of ether oxygens (including phenoxy) is 1. The minimum absolute atomic E-state index is 0.0830. The zero-order chi connectivity index (χ0) is 12.5. The quantitative estimate of drug-likeness (QED) is 0.924. The van der Waals surface area contributed by atoms with Crippen LogP contribution in [-0.2, 0) is 6.42 Å². The van der Waals surface area contributed by atoms with Crippen molar-refractivity contribution in [3.63, 3.8) is 0 Å². The third-order valence-electron chi connectivity index (χ3n) is 3.20. The summed E-state index contributed by atoms with van der Waals surface area (Å²) in [6.07, 6.45) is 3.80. The summed E-state index contributed by atoms with van der Waals surface area (Å²) in [5.74, 6) is 1.08. The van der Waals surface area contributed by atoms with Gasteiger partial charge in [-0.3, -0.25) is 0 Å². The lowest BCUT2D eigenvalue weighted by Gasteiger charge is -2.16. The number of aryl methyl sites for hydroxylation is 1. The molecular formula is C14H13BrN2O. The number of nitrogens with two attached hydrogens (primary N) is 1. The molecule has 0 saturated carbocycles. The number of hydrogen-bond acceptors (Lipinski definition) is 3. The van der Waals surface area contributed by atoms with Gasteiger partial charge in [0, 0.05) is 10.7 Å². The fourth-order valence-electron chi connectivity index (χ4n) is 2.32. The Morgan fingerprint density at radius 2 is 2.17 bits per heavy atom. The highest BCUT2D eigenvalue weighted by molar-refractivity contribution is 9.10. The maximum atomic E-state index is 6.00. The van der Waals surface area contributed by atoms with Gasteiger partial charge in [-0.15, -0.1) is 0 Å². The van der Waals surface area contributed by atoms with Gasteiger partial charge in [-0.05, 0) is 46.0 Å². The van der Waals surface area contributed by atoms with E-state index in [0.29, 0.717) is 11.6 Å². The van der Waals surface area contributed by atoms with Crippen LogP contribution in [0.15, 0.2) is 41.0 Å². The molecule has 18 heavy (non-hydrogen) atoms. The first-order chi connectivity index (χ1) is 8.74. The van der Waals surface area contributed by atoms with Gasteiger partial charge < -0.3 is 10.5 Å². The number of rotatable bonds is 2. The van der Waals surface area contributed by atoms with E-state index in [1.165, 1.54) is 11.1 Å². The molecule has 1 atom stereocenters. The van der Waals surface area contributed by atoms with Crippen molar-refractivity contribution in [3.8, 4) is 5.75 Å². The summed E-state index contributed by atoms with van der Waals surface area (Å²) in [4.78, 5) is 4.08. The van der Waals surface area contributed by atoms with Crippen LogP contribution in [-0.4, -0.2) is 4.98 Å². The molecule has 3 rings (SSSR count). The first-order valence-corrected chi connectivity index (χ1v) is 6.69. The van der Waals surface area contributed by atoms with Crippen LogP contribution in [0.25, 0.3) is 0 Å². The average molecular weight is 305 g/mol. The summed E-state index contributed by atoms with van der Waals surface area (Å²) in [6, 6.07) is 10.2. The number of fused-ring (bicyclic) bond motifs is 1. The second kappa shape index (κ2) is 4.61. The SMILES string of the molecule is Nc1ncc(Br)cc1O[C@@H]1CCc2ccccc21. The molecule has 0 spiro atoms. The second-order valence-corrected chi connectivity index (χ2v) is 5.30. The van der Waals surface area contributed by atoms with E-state index in [4.69, 9.17) is 10.5 Å². The van der Waals surface area contributed by atoms with Gasteiger partial charge in [0.05, 0.1) is 0 Å². The highest BCUT2D eigenvalue weighted by Gasteiger charge is 2.24. The van der Waals surface area contributed by atoms with E-state index in [9.17, 15) is 0 Å². The molecule has 1 aliphatic rings. The molecule has 0 fully saturated rings. The molecule has 2 aromatic rings. The summed E-state index contributed by atoms with van der Waals surface area (Å²) < 4.78 is 6.87. The van der Waals surface area contributed by atoms with E-state index in [1.807, 2.05) is 12.1 Å². The van der Waals surface area contributed by atoms with Crippen molar-refractivity contribution in [1.29, 1.82) is 0 Å². The van der Waals surface area contributed by atoms with Crippen molar-refractivity contribution in [2.45, 2.75) is 18.9 Å². The van der Waals surface area contributed by atoms with Gasteiger partial charge in [0.15, 0.2) is 11.6 Å². The van der Waals surface area contributed by atoms with Crippen LogP contribution < -0.4 is 10.5 Å². The van der Waals surface area contributed by atoms with E-state index < -0.39 is 0 Å². The van der Waals surface area contributed by atoms with Gasteiger partial charge in [0.2, 0.25) is 0 Å². The topological polar surface area (TPSA) is 48.1 Å². The molecule has 0 saturated heterocycles. The minimum Gasteiger partial charge on any atom is -0.482 e. The molecule has 0 bridgehead atoms. The van der Waals surface area contributed by atoms with Crippen LogP contribution in [0.5, 0.6) is 5.75 Å². The van der Waals surface area contributed by atoms with Gasteiger partial charge in [-0.25, -0.2) is 4.98 Å². The molecule has 1 heterocycles. The van der Waals surface area contributed by atoms with Crippen LogP contribution in [0.4, 0.5) is 5.82 Å². The third-order valence-corrected chi connectivity index (χ3v) is 3.63. The lowest BCUT2D eigenvalue weighted by molar-refractivity contribution is 0.208. The van der Waals surface area contributed by atoms with Crippen molar-refractivity contribution >= 4 is 21.7 Å². The number of benzene rings is 1. The summed E-state index contributed by atoms with van der Waals surface area (Å²) in [5, 5.41) is 0. The summed E-state index contributed by atoms with van der Waals surface area (Å²) in [5.41, 5.74) is 8.46. The Labute approximate surface area is 114 Å². The maximum Gasteiger partial charge on any atom is 0.166 e. The predicted molar refractivity (Wildman–Crippen MR) is 74.5 cm³/mol. The molecule has 92 valence electrons. The summed E-state index contributed by atoms with van der Waals surface area (Å²) >= 11 is 3.38. The van der Waals surface area contributed by atoms with Crippen molar-refractivity contribution in [3.05, 3.63) is 52.1 Å². The number of halogens is 1. The molecule has 0 radical (unpaired) electrons. The Morgan fingerprint density at radius 1 is 1.33 bits per heavy atom. The number of nitrogens with zero attached hydrogens (tertiary/aromatic N) is 1. The monoisotopic (exact) mass is 304 g/mol. The van der Waals surface area contributed by atoms with Crippen LogP contribution in [0, 0.1) is 0 Å². The number of aromatic nitrogens is 1. The summed E-state index contributed by atoms with van der Waals surface area (Å²) in [6.45, 7) is 0. The highest BCUT2D eigenvalue weighted by atomic mass is 79.9. The highest BCUT2D eigenvalue weighted by Crippen LogP contribution is 2.36. The molecule has 0 aliphatic heterocycles. The molecule has 1 aromatic heterocycles. The fourth-order valence-corrected chi connectivity index (χ4v) is 2.63. The standard InChI is InChI=1S/C14H13BrN2O/c15-10-7-13(14(16)17-8-10)18-12-6-5-9-3-1-2-4-11(9)12/h1-4,7-8,12H,5-6H2,(H2,16,17)/t12-/m1/s1. The molecule has 0 unspecified atom stereocenters. The lowest BCUT2D eigenvalue weighted by Crippen LogP contribution is -2.06. The number of pyridine rings is 1. The first-order valence-electron chi connectivity index (χ1n) is 5.89. The van der Waals surface area contributed by atoms with Gasteiger partial charge in [0.1, 0.15) is 6.10 Å². The van der Waals surface area contributed by atoms with E-state index in [-0.39, 0.29) is 6.10 Å². The summed E-state index contributed by atoms with van der Waals surface area (Å²) in [7, 11) is 0. The van der Waals surface area contributed by atoms with Gasteiger partial charge in [-0.1, -0.05) is 24.3 Å². The van der Waals surface area contributed by atoms with Crippen molar-refractivity contribution in [2.24, 2.45) is 0 Å². The van der Waals surface area contributed by atoms with Crippen LogP contribution >= 0.6 is 15.9 Å². The van der Waals surface area contributed by atoms with Gasteiger partial charge in [-0.2, -0.15) is 0 Å². The Bertz CT molecular complexity index is 586. The minimum atomic E-state index is 0.0830. The first kappa shape index (κ1) is 11.5. The van der Waals surface area contributed by atoms with E-state index in [1.54, 1.807) is 6.20 Å². The Kier molecular flexibility index (Phi) is 2.96. The Balaban J connectivity index is 1.88. The smallest absolute Gasteiger partial charge is 0.166 e. The second-order valence-electron chi connectivity index (χ2n) is 4.38. The van der Waals surface area contributed by atoms with Crippen LogP contribution in [0.1, 0.15) is 23.7 Å². The van der Waals surface area contributed by atoms with Crippen LogP contribution in [0.2, 0.25) is 0 Å². The Morgan fingerprint density at radius 3 is 3.06 bits per heavy atom. The van der Waals surface area contributed by atoms with Gasteiger partial charge in [0.25, 0.3) is 0 Å². The van der Waals surface area contributed by atoms with Crippen molar-refractivity contribution in [1.82, 2.24) is 4.98 Å². The molecule has 0 amide bonds. The molecular weight excluding hydrogens is 292 g/mol. The molecule has 1 aliphatic carbocycles. The van der Waals surface area contributed by atoms with Crippen LogP contribution in [0.3, 0.4) is 0 Å². The van der Waals surface area contributed by atoms with Gasteiger partial charge >= 0.3 is 0 Å². The van der Waals surface area contributed by atoms with Crippen molar-refractivity contribution < 1.29 is 4.74 Å². The third kappa shape index (κ3) is 2.08. The average Bonchev–Trinajstić information content (AvgIpc) is 2.78. The molecule has 3 nitrogen and oxygen atoms in total. The van der Waals surface area contributed by atoms with E-state index >= 15 is 0 Å². The van der Waals surface area contributed by atoms with E-state index in [0.717, 1.165) is 17.3 Å². The zero-order valence-electron chi connectivity index (χ0n) is 9.77. The lowest BCUT2D eigenvalue weighted by atomic mass is 10.1. The number of anilines is 1. The predicted octanol–water partition coefficient (Wildman–Crippen LogP) is 3.49. The number of nitrogen functional groups attached to an aromatic ring is 1. The number of hydrogen-bond donors (Lipinski definition) is 1.